The molecular weight excluding hydrogens is 278 g/mol. The highest BCUT2D eigenvalue weighted by Gasteiger charge is 2.16. The predicted molar refractivity (Wildman–Crippen MR) is 79.5 cm³/mol. The zero-order valence-corrected chi connectivity index (χ0v) is 12.4. The molecule has 1 saturated heterocycles. The number of hydrogen-bond acceptors (Lipinski definition) is 4. The van der Waals surface area contributed by atoms with E-state index in [2.05, 4.69) is 22.2 Å². The van der Waals surface area contributed by atoms with E-state index in [1.165, 1.54) is 25.1 Å². The predicted octanol–water partition coefficient (Wildman–Crippen LogP) is 2.58. The van der Waals surface area contributed by atoms with Crippen LogP contribution in [-0.4, -0.2) is 47.6 Å². The number of likely N-dealkylation sites (tertiary alicyclic amines) is 1. The van der Waals surface area contributed by atoms with Crippen molar-refractivity contribution in [1.82, 2.24) is 9.88 Å². The number of pyridine rings is 1. The lowest BCUT2D eigenvalue weighted by Crippen LogP contribution is -2.30. The van der Waals surface area contributed by atoms with E-state index in [1.54, 1.807) is 0 Å². The lowest BCUT2D eigenvalue weighted by molar-refractivity contribution is 0.0697. The van der Waals surface area contributed by atoms with Crippen LogP contribution in [0.4, 0.5) is 5.82 Å². The van der Waals surface area contributed by atoms with Crippen LogP contribution in [0.2, 0.25) is 5.02 Å². The first kappa shape index (κ1) is 15.1. The van der Waals surface area contributed by atoms with Crippen LogP contribution in [0.15, 0.2) is 12.3 Å². The van der Waals surface area contributed by atoms with Gasteiger partial charge in [0.15, 0.2) is 0 Å². The number of halogens is 1. The number of rotatable bonds is 5. The number of aromatic nitrogens is 1. The van der Waals surface area contributed by atoms with E-state index < -0.39 is 5.97 Å². The molecule has 1 aliphatic rings. The van der Waals surface area contributed by atoms with Crippen LogP contribution in [0.1, 0.15) is 29.6 Å². The SMILES string of the molecule is CN1CCC(CCNc2cc(C(=O)O)c(Cl)cn2)CC1. The number of carbonyl (C=O) groups is 1. The van der Waals surface area contributed by atoms with Gasteiger partial charge in [-0.2, -0.15) is 0 Å². The third-order valence-electron chi connectivity index (χ3n) is 3.78. The standard InChI is InChI=1S/C14H20ClN3O2/c1-18-6-3-10(4-7-18)2-5-16-13-8-11(14(19)20)12(15)9-17-13/h8-10H,2-7H2,1H3,(H,16,17)(H,19,20). The first-order chi connectivity index (χ1) is 9.56. The Balaban J connectivity index is 1.82. The molecule has 1 aromatic heterocycles. The molecule has 20 heavy (non-hydrogen) atoms. The summed E-state index contributed by atoms with van der Waals surface area (Å²) in [6, 6.07) is 1.49. The van der Waals surface area contributed by atoms with Gasteiger partial charge in [0.05, 0.1) is 10.6 Å². The summed E-state index contributed by atoms with van der Waals surface area (Å²) >= 11 is 5.78. The van der Waals surface area contributed by atoms with Crippen molar-refractivity contribution in [2.24, 2.45) is 5.92 Å². The Morgan fingerprint density at radius 2 is 2.25 bits per heavy atom. The average Bonchev–Trinajstić information content (AvgIpc) is 2.42. The quantitative estimate of drug-likeness (QED) is 0.874. The Morgan fingerprint density at radius 1 is 1.55 bits per heavy atom. The van der Waals surface area contributed by atoms with E-state index in [4.69, 9.17) is 16.7 Å². The Morgan fingerprint density at radius 3 is 2.90 bits per heavy atom. The second-order valence-electron chi connectivity index (χ2n) is 5.32. The summed E-state index contributed by atoms with van der Waals surface area (Å²) in [4.78, 5) is 17.4. The first-order valence-corrected chi connectivity index (χ1v) is 7.25. The minimum Gasteiger partial charge on any atom is -0.478 e. The Labute approximate surface area is 123 Å². The van der Waals surface area contributed by atoms with Gasteiger partial charge in [-0.25, -0.2) is 9.78 Å². The maximum Gasteiger partial charge on any atom is 0.337 e. The van der Waals surface area contributed by atoms with Crippen LogP contribution in [0.3, 0.4) is 0 Å². The molecule has 5 nitrogen and oxygen atoms in total. The van der Waals surface area contributed by atoms with Crippen LogP contribution in [0.5, 0.6) is 0 Å². The van der Waals surface area contributed by atoms with Gasteiger partial charge in [0.25, 0.3) is 0 Å². The van der Waals surface area contributed by atoms with E-state index in [9.17, 15) is 4.79 Å². The fourth-order valence-electron chi connectivity index (χ4n) is 2.45. The molecule has 0 aromatic carbocycles. The van der Waals surface area contributed by atoms with Gasteiger partial charge in [-0.1, -0.05) is 11.6 Å². The molecule has 2 rings (SSSR count). The van der Waals surface area contributed by atoms with Gasteiger partial charge in [0.2, 0.25) is 0 Å². The molecule has 1 fully saturated rings. The van der Waals surface area contributed by atoms with Crippen molar-refractivity contribution in [2.75, 3.05) is 32.0 Å². The number of anilines is 1. The Kier molecular flexibility index (Phi) is 5.20. The van der Waals surface area contributed by atoms with Crippen molar-refractivity contribution in [3.8, 4) is 0 Å². The largest absolute Gasteiger partial charge is 0.478 e. The van der Waals surface area contributed by atoms with E-state index in [-0.39, 0.29) is 10.6 Å². The maximum absolute atomic E-state index is 11.0. The van der Waals surface area contributed by atoms with E-state index >= 15 is 0 Å². The molecule has 0 radical (unpaired) electrons. The van der Waals surface area contributed by atoms with Crippen molar-refractivity contribution >= 4 is 23.4 Å². The minimum atomic E-state index is -1.03. The normalized spacial score (nSPS) is 17.1. The number of carboxylic acids is 1. The molecule has 1 aliphatic heterocycles. The number of nitrogens with zero attached hydrogens (tertiary/aromatic N) is 2. The molecular formula is C14H20ClN3O2. The summed E-state index contributed by atoms with van der Waals surface area (Å²) in [5, 5.41) is 12.3. The van der Waals surface area contributed by atoms with Gasteiger partial charge in [-0.15, -0.1) is 0 Å². The topological polar surface area (TPSA) is 65.5 Å². The summed E-state index contributed by atoms with van der Waals surface area (Å²) < 4.78 is 0. The third kappa shape index (κ3) is 4.08. The number of hydrogen-bond donors (Lipinski definition) is 2. The maximum atomic E-state index is 11.0. The van der Waals surface area contributed by atoms with Crippen molar-refractivity contribution in [3.63, 3.8) is 0 Å². The third-order valence-corrected chi connectivity index (χ3v) is 4.08. The summed E-state index contributed by atoms with van der Waals surface area (Å²) in [7, 11) is 2.15. The smallest absolute Gasteiger partial charge is 0.337 e. The van der Waals surface area contributed by atoms with Gasteiger partial charge in [0.1, 0.15) is 5.82 Å². The molecule has 0 spiro atoms. The summed E-state index contributed by atoms with van der Waals surface area (Å²) in [5.41, 5.74) is 0.0865. The second-order valence-corrected chi connectivity index (χ2v) is 5.72. The van der Waals surface area contributed by atoms with Gasteiger partial charge in [-0.3, -0.25) is 0 Å². The van der Waals surface area contributed by atoms with Gasteiger partial charge in [-0.05, 0) is 51.4 Å². The Bertz CT molecular complexity index is 473. The van der Waals surface area contributed by atoms with E-state index in [0.29, 0.717) is 5.82 Å². The first-order valence-electron chi connectivity index (χ1n) is 6.87. The molecule has 1 aromatic rings. The zero-order chi connectivity index (χ0) is 14.5. The molecule has 0 aliphatic carbocycles. The van der Waals surface area contributed by atoms with Crippen LogP contribution in [-0.2, 0) is 0 Å². The van der Waals surface area contributed by atoms with E-state index in [1.807, 2.05) is 0 Å². The molecule has 6 heteroatoms. The van der Waals surface area contributed by atoms with Gasteiger partial charge < -0.3 is 15.3 Å². The van der Waals surface area contributed by atoms with Crippen molar-refractivity contribution in [2.45, 2.75) is 19.3 Å². The minimum absolute atomic E-state index is 0.0865. The summed E-state index contributed by atoms with van der Waals surface area (Å²) in [5.74, 6) is 0.278. The Hall–Kier alpha value is -1.33. The summed E-state index contributed by atoms with van der Waals surface area (Å²) in [6.07, 6.45) is 4.92. The lowest BCUT2D eigenvalue weighted by atomic mass is 9.94. The van der Waals surface area contributed by atoms with E-state index in [0.717, 1.165) is 32.0 Å². The molecule has 0 saturated carbocycles. The average molecular weight is 298 g/mol. The van der Waals surface area contributed by atoms with Crippen LogP contribution in [0.25, 0.3) is 0 Å². The van der Waals surface area contributed by atoms with Gasteiger partial charge in [0, 0.05) is 12.7 Å². The molecule has 2 heterocycles. The van der Waals surface area contributed by atoms with Gasteiger partial charge >= 0.3 is 5.97 Å². The van der Waals surface area contributed by atoms with Crippen LogP contribution in [0, 0.1) is 5.92 Å². The molecule has 0 amide bonds. The number of piperidine rings is 1. The fraction of sp³-hybridized carbons (Fsp3) is 0.571. The lowest BCUT2D eigenvalue weighted by Gasteiger charge is -2.28. The number of aromatic carboxylic acids is 1. The monoisotopic (exact) mass is 297 g/mol. The molecule has 2 N–H and O–H groups in total. The second kappa shape index (κ2) is 6.90. The zero-order valence-electron chi connectivity index (χ0n) is 11.6. The van der Waals surface area contributed by atoms with Crippen molar-refractivity contribution in [3.05, 3.63) is 22.8 Å². The highest BCUT2D eigenvalue weighted by molar-refractivity contribution is 6.33. The highest BCUT2D eigenvalue weighted by Crippen LogP contribution is 2.21. The highest BCUT2D eigenvalue weighted by atomic mass is 35.5. The van der Waals surface area contributed by atoms with Crippen molar-refractivity contribution < 1.29 is 9.90 Å². The van der Waals surface area contributed by atoms with Crippen molar-refractivity contribution in [1.29, 1.82) is 0 Å². The number of carboxylic acid groups (broad SMARTS) is 1. The van der Waals surface area contributed by atoms with Crippen LogP contribution >= 0.6 is 11.6 Å². The summed E-state index contributed by atoms with van der Waals surface area (Å²) in [6.45, 7) is 3.13. The number of nitrogens with one attached hydrogen (secondary N) is 1. The molecule has 0 atom stereocenters. The molecule has 110 valence electrons. The molecule has 0 unspecified atom stereocenters. The molecule has 0 bridgehead atoms. The van der Waals surface area contributed by atoms with Crippen LogP contribution < -0.4 is 5.32 Å². The fourth-order valence-corrected chi connectivity index (χ4v) is 2.64.